The molecule has 6 nitrogen and oxygen atoms in total. The van der Waals surface area contributed by atoms with Gasteiger partial charge in [0.25, 0.3) is 5.56 Å². The van der Waals surface area contributed by atoms with Crippen LogP contribution >= 0.6 is 23.1 Å². The molecule has 2 heterocycles. The van der Waals surface area contributed by atoms with Gasteiger partial charge in [-0.2, -0.15) is 0 Å². The Morgan fingerprint density at radius 3 is 2.87 bits per heavy atom. The Bertz CT molecular complexity index is 740. The summed E-state index contributed by atoms with van der Waals surface area (Å²) in [5, 5.41) is 3.15. The number of hydrogen-bond donors (Lipinski definition) is 0. The summed E-state index contributed by atoms with van der Waals surface area (Å²) in [6.45, 7) is 4.14. The van der Waals surface area contributed by atoms with E-state index < -0.39 is 5.97 Å². The zero-order chi connectivity index (χ0) is 16.8. The van der Waals surface area contributed by atoms with Crippen LogP contribution in [0.25, 0.3) is 0 Å². The molecule has 0 aliphatic carbocycles. The lowest BCUT2D eigenvalue weighted by Crippen LogP contribution is -2.20. The second-order valence-electron chi connectivity index (χ2n) is 4.81. The topological polar surface area (TPSA) is 74.1 Å². The molecule has 0 aliphatic rings. The van der Waals surface area contributed by atoms with Gasteiger partial charge in [0, 0.05) is 24.2 Å². The van der Waals surface area contributed by atoms with Crippen LogP contribution in [0, 0.1) is 0 Å². The summed E-state index contributed by atoms with van der Waals surface area (Å²) >= 11 is 2.84. The maximum absolute atomic E-state index is 11.9. The van der Waals surface area contributed by atoms with Crippen molar-refractivity contribution in [3.63, 3.8) is 0 Å². The zero-order valence-electron chi connectivity index (χ0n) is 13.4. The quantitative estimate of drug-likeness (QED) is 0.433. The molecule has 0 fully saturated rings. The van der Waals surface area contributed by atoms with E-state index in [9.17, 15) is 9.59 Å². The fourth-order valence-corrected chi connectivity index (χ4v) is 3.66. The van der Waals surface area contributed by atoms with Crippen LogP contribution in [-0.4, -0.2) is 27.1 Å². The molecule has 0 bridgehead atoms. The molecular weight excluding hydrogens is 334 g/mol. The molecule has 0 saturated heterocycles. The number of carbonyl (C=O) groups excluding carboxylic acids is 1. The van der Waals surface area contributed by atoms with Crippen molar-refractivity contribution in [3.8, 4) is 0 Å². The zero-order valence-corrected chi connectivity index (χ0v) is 15.0. The average molecular weight is 353 g/mol. The SMILES string of the molecule is CCCc1cc(=O)n(C)c(SCc2nc(C(=O)OCC)cs2)n1. The summed E-state index contributed by atoms with van der Waals surface area (Å²) < 4.78 is 6.45. The van der Waals surface area contributed by atoms with E-state index in [2.05, 4.69) is 16.9 Å². The molecule has 23 heavy (non-hydrogen) atoms. The van der Waals surface area contributed by atoms with Gasteiger partial charge in [0.15, 0.2) is 10.9 Å². The van der Waals surface area contributed by atoms with Crippen LogP contribution < -0.4 is 5.56 Å². The maximum atomic E-state index is 11.9. The van der Waals surface area contributed by atoms with Gasteiger partial charge in [-0.25, -0.2) is 14.8 Å². The minimum atomic E-state index is -0.407. The summed E-state index contributed by atoms with van der Waals surface area (Å²) in [5.41, 5.74) is 1.08. The lowest BCUT2D eigenvalue weighted by atomic mass is 10.2. The van der Waals surface area contributed by atoms with Crippen molar-refractivity contribution in [1.29, 1.82) is 0 Å². The molecule has 0 unspecified atom stereocenters. The highest BCUT2D eigenvalue weighted by Gasteiger charge is 2.13. The third-order valence-electron chi connectivity index (χ3n) is 3.01. The van der Waals surface area contributed by atoms with Crippen LogP contribution in [0.1, 0.15) is 41.5 Å². The minimum Gasteiger partial charge on any atom is -0.461 e. The number of hydrogen-bond acceptors (Lipinski definition) is 7. The first-order valence-electron chi connectivity index (χ1n) is 7.36. The van der Waals surface area contributed by atoms with E-state index in [1.54, 1.807) is 25.4 Å². The van der Waals surface area contributed by atoms with Crippen LogP contribution in [-0.2, 0) is 24.0 Å². The lowest BCUT2D eigenvalue weighted by Gasteiger charge is -2.07. The van der Waals surface area contributed by atoms with Gasteiger partial charge in [0.05, 0.1) is 12.4 Å². The van der Waals surface area contributed by atoms with Crippen molar-refractivity contribution < 1.29 is 9.53 Å². The summed E-state index contributed by atoms with van der Waals surface area (Å²) in [6.07, 6.45) is 1.73. The number of thiazole rings is 1. The molecule has 0 atom stereocenters. The van der Waals surface area contributed by atoms with E-state index >= 15 is 0 Å². The number of esters is 1. The molecule has 0 N–H and O–H groups in total. The fourth-order valence-electron chi connectivity index (χ4n) is 1.88. The molecular formula is C15H19N3O3S2. The van der Waals surface area contributed by atoms with Crippen LogP contribution in [0.2, 0.25) is 0 Å². The van der Waals surface area contributed by atoms with Gasteiger partial charge in [0.2, 0.25) is 0 Å². The summed E-state index contributed by atoms with van der Waals surface area (Å²) in [4.78, 5) is 32.3. The number of carbonyl (C=O) groups is 1. The van der Waals surface area contributed by atoms with Crippen LogP contribution in [0.3, 0.4) is 0 Å². The molecule has 0 saturated carbocycles. The Morgan fingerprint density at radius 1 is 1.39 bits per heavy atom. The molecule has 0 radical (unpaired) electrons. The van der Waals surface area contributed by atoms with Crippen LogP contribution in [0.15, 0.2) is 21.4 Å². The van der Waals surface area contributed by atoms with Crippen molar-refractivity contribution in [2.45, 2.75) is 37.6 Å². The Balaban J connectivity index is 2.09. The Labute approximate surface area is 142 Å². The Kier molecular flexibility index (Phi) is 6.35. The standard InChI is InChI=1S/C15H19N3O3S2/c1-4-6-10-7-13(19)18(3)15(16-10)23-9-12-17-11(8-22-12)14(20)21-5-2/h7-8H,4-6,9H2,1-3H3. The molecule has 0 aromatic carbocycles. The second-order valence-corrected chi connectivity index (χ2v) is 6.70. The van der Waals surface area contributed by atoms with Gasteiger partial charge < -0.3 is 4.74 Å². The fraction of sp³-hybridized carbons (Fsp3) is 0.467. The van der Waals surface area contributed by atoms with E-state index in [4.69, 9.17) is 4.74 Å². The molecule has 0 amide bonds. The lowest BCUT2D eigenvalue weighted by molar-refractivity contribution is 0.0520. The number of rotatable bonds is 7. The van der Waals surface area contributed by atoms with Crippen molar-refractivity contribution in [2.75, 3.05) is 6.61 Å². The largest absolute Gasteiger partial charge is 0.461 e. The third-order valence-corrected chi connectivity index (χ3v) is 5.09. The van der Waals surface area contributed by atoms with E-state index in [1.165, 1.54) is 27.7 Å². The number of ether oxygens (including phenoxy) is 1. The van der Waals surface area contributed by atoms with E-state index in [0.717, 1.165) is 23.5 Å². The highest BCUT2D eigenvalue weighted by molar-refractivity contribution is 7.98. The normalized spacial score (nSPS) is 10.7. The van der Waals surface area contributed by atoms with Gasteiger partial charge >= 0.3 is 5.97 Å². The van der Waals surface area contributed by atoms with Gasteiger partial charge in [-0.05, 0) is 13.3 Å². The first-order valence-corrected chi connectivity index (χ1v) is 9.23. The number of aromatic nitrogens is 3. The van der Waals surface area contributed by atoms with Crippen LogP contribution in [0.5, 0.6) is 0 Å². The number of thioether (sulfide) groups is 1. The van der Waals surface area contributed by atoms with E-state index in [-0.39, 0.29) is 5.56 Å². The van der Waals surface area contributed by atoms with Gasteiger partial charge in [-0.15, -0.1) is 11.3 Å². The van der Waals surface area contributed by atoms with Crippen molar-refractivity contribution in [1.82, 2.24) is 14.5 Å². The van der Waals surface area contributed by atoms with Crippen LogP contribution in [0.4, 0.5) is 0 Å². The molecule has 2 aromatic heterocycles. The predicted octanol–water partition coefficient (Wildman–Crippen LogP) is 2.66. The second kappa shape index (κ2) is 8.26. The number of aryl methyl sites for hydroxylation is 1. The maximum Gasteiger partial charge on any atom is 0.357 e. The summed E-state index contributed by atoms with van der Waals surface area (Å²) in [5.74, 6) is 0.149. The van der Waals surface area contributed by atoms with Crippen molar-refractivity contribution >= 4 is 29.1 Å². The van der Waals surface area contributed by atoms with Crippen molar-refractivity contribution in [3.05, 3.63) is 38.2 Å². The Hall–Kier alpha value is -1.67. The third kappa shape index (κ3) is 4.65. The molecule has 0 aliphatic heterocycles. The molecule has 2 aromatic rings. The molecule has 8 heteroatoms. The molecule has 0 spiro atoms. The Morgan fingerprint density at radius 2 is 2.17 bits per heavy atom. The summed E-state index contributed by atoms with van der Waals surface area (Å²) in [7, 11) is 1.71. The average Bonchev–Trinajstić information content (AvgIpc) is 2.99. The first-order chi connectivity index (χ1) is 11.0. The minimum absolute atomic E-state index is 0.0581. The van der Waals surface area contributed by atoms with E-state index in [0.29, 0.717) is 23.2 Å². The monoisotopic (exact) mass is 353 g/mol. The van der Waals surface area contributed by atoms with Gasteiger partial charge in [-0.1, -0.05) is 25.1 Å². The van der Waals surface area contributed by atoms with E-state index in [1.807, 2.05) is 0 Å². The van der Waals surface area contributed by atoms with Crippen molar-refractivity contribution in [2.24, 2.45) is 7.05 Å². The molecule has 2 rings (SSSR count). The first kappa shape index (κ1) is 17.7. The predicted molar refractivity (Wildman–Crippen MR) is 91.1 cm³/mol. The highest BCUT2D eigenvalue weighted by Crippen LogP contribution is 2.22. The van der Waals surface area contributed by atoms with Gasteiger partial charge in [0.1, 0.15) is 5.01 Å². The highest BCUT2D eigenvalue weighted by atomic mass is 32.2. The molecule has 124 valence electrons. The van der Waals surface area contributed by atoms with Gasteiger partial charge in [-0.3, -0.25) is 9.36 Å². The summed E-state index contributed by atoms with van der Waals surface area (Å²) in [6, 6.07) is 1.58. The number of nitrogens with zero attached hydrogens (tertiary/aromatic N) is 3. The smallest absolute Gasteiger partial charge is 0.357 e.